The van der Waals surface area contributed by atoms with E-state index in [1.807, 2.05) is 54.6 Å². The van der Waals surface area contributed by atoms with Gasteiger partial charge in [0.1, 0.15) is 0 Å². The quantitative estimate of drug-likeness (QED) is 0.472. The summed E-state index contributed by atoms with van der Waals surface area (Å²) in [4.78, 5) is 32.2. The number of nitrogens with zero attached hydrogens (tertiary/aromatic N) is 2. The van der Waals surface area contributed by atoms with Crippen molar-refractivity contribution in [3.63, 3.8) is 0 Å². The highest BCUT2D eigenvalue weighted by molar-refractivity contribution is 6.05. The van der Waals surface area contributed by atoms with E-state index in [4.69, 9.17) is 9.72 Å². The summed E-state index contributed by atoms with van der Waals surface area (Å²) >= 11 is 0. The van der Waals surface area contributed by atoms with Crippen molar-refractivity contribution in [1.29, 1.82) is 0 Å². The molecular weight excluding hydrogens is 388 g/mol. The van der Waals surface area contributed by atoms with E-state index in [2.05, 4.69) is 27.7 Å². The lowest BCUT2D eigenvalue weighted by Gasteiger charge is -2.26. The number of ether oxygens (including phenoxy) is 1. The number of para-hydroxylation sites is 1. The van der Waals surface area contributed by atoms with E-state index in [-0.39, 0.29) is 12.5 Å². The zero-order chi connectivity index (χ0) is 22.4. The monoisotopic (exact) mass is 418 g/mol. The molecule has 5 nitrogen and oxygen atoms in total. The molecule has 1 aromatic heterocycles. The van der Waals surface area contributed by atoms with Gasteiger partial charge in [0.25, 0.3) is 5.91 Å². The van der Waals surface area contributed by atoms with Crippen LogP contribution >= 0.6 is 0 Å². The Balaban J connectivity index is 1.84. The van der Waals surface area contributed by atoms with E-state index >= 15 is 0 Å². The van der Waals surface area contributed by atoms with Gasteiger partial charge in [-0.05, 0) is 24.0 Å². The van der Waals surface area contributed by atoms with Gasteiger partial charge in [-0.2, -0.15) is 0 Å². The molecule has 31 heavy (non-hydrogen) atoms. The molecule has 2 aromatic carbocycles. The van der Waals surface area contributed by atoms with Gasteiger partial charge in [0.05, 0.1) is 16.8 Å². The van der Waals surface area contributed by atoms with E-state index in [1.165, 1.54) is 0 Å². The number of rotatable bonds is 8. The van der Waals surface area contributed by atoms with Crippen molar-refractivity contribution in [3.05, 3.63) is 66.2 Å². The molecule has 0 spiro atoms. The molecule has 0 saturated heterocycles. The largest absolute Gasteiger partial charge is 0.452 e. The van der Waals surface area contributed by atoms with Crippen LogP contribution in [-0.4, -0.2) is 41.5 Å². The highest BCUT2D eigenvalue weighted by atomic mass is 16.5. The van der Waals surface area contributed by atoms with Gasteiger partial charge in [0.2, 0.25) is 0 Å². The fourth-order valence-corrected chi connectivity index (χ4v) is 3.56. The van der Waals surface area contributed by atoms with Gasteiger partial charge in [-0.1, -0.05) is 76.2 Å². The number of amides is 1. The highest BCUT2D eigenvalue weighted by Crippen LogP contribution is 2.25. The lowest BCUT2D eigenvalue weighted by molar-refractivity contribution is -0.135. The molecule has 0 N–H and O–H groups in total. The predicted molar refractivity (Wildman–Crippen MR) is 124 cm³/mol. The van der Waals surface area contributed by atoms with Gasteiger partial charge in [0, 0.05) is 24.0 Å². The number of hydrogen-bond acceptors (Lipinski definition) is 4. The van der Waals surface area contributed by atoms with Gasteiger partial charge >= 0.3 is 5.97 Å². The maximum atomic E-state index is 13.0. The Morgan fingerprint density at radius 1 is 0.903 bits per heavy atom. The molecule has 5 heteroatoms. The molecule has 0 radical (unpaired) electrons. The first-order valence-electron chi connectivity index (χ1n) is 10.7. The molecule has 3 rings (SSSR count). The summed E-state index contributed by atoms with van der Waals surface area (Å²) in [5.41, 5.74) is 2.73. The number of carbonyl (C=O) groups excluding carboxylic acids is 2. The van der Waals surface area contributed by atoms with E-state index in [0.717, 1.165) is 5.56 Å². The number of esters is 1. The van der Waals surface area contributed by atoms with E-state index in [1.54, 1.807) is 11.0 Å². The molecule has 3 aromatic rings. The van der Waals surface area contributed by atoms with Crippen LogP contribution in [0.25, 0.3) is 22.2 Å². The molecule has 0 aliphatic heterocycles. The maximum absolute atomic E-state index is 13.0. The van der Waals surface area contributed by atoms with Crippen LogP contribution < -0.4 is 0 Å². The summed E-state index contributed by atoms with van der Waals surface area (Å²) in [7, 11) is 0. The molecule has 1 amide bonds. The molecule has 1 heterocycles. The van der Waals surface area contributed by atoms with Gasteiger partial charge < -0.3 is 9.64 Å². The fraction of sp³-hybridized carbons (Fsp3) is 0.346. The van der Waals surface area contributed by atoms with E-state index in [9.17, 15) is 9.59 Å². The molecule has 0 atom stereocenters. The second-order valence-electron chi connectivity index (χ2n) is 8.60. The van der Waals surface area contributed by atoms with Crippen molar-refractivity contribution in [2.24, 2.45) is 11.8 Å². The third-order valence-electron chi connectivity index (χ3n) is 4.86. The molecule has 0 bridgehead atoms. The molecule has 0 aliphatic carbocycles. The summed E-state index contributed by atoms with van der Waals surface area (Å²) in [6.07, 6.45) is 0. The van der Waals surface area contributed by atoms with E-state index in [0.29, 0.717) is 47.1 Å². The fourth-order valence-electron chi connectivity index (χ4n) is 3.56. The Morgan fingerprint density at radius 3 is 2.16 bits per heavy atom. The number of aromatic nitrogens is 1. The van der Waals surface area contributed by atoms with Crippen molar-refractivity contribution in [3.8, 4) is 11.3 Å². The highest BCUT2D eigenvalue weighted by Gasteiger charge is 2.20. The standard InChI is InChI=1S/C26H30N2O3/c1-18(2)15-28(16-19(3)4)25(29)17-31-26(30)22-14-24(20-10-6-5-7-11-20)27-23-13-9-8-12-21(22)23/h5-14,18-19H,15-17H2,1-4H3. The normalized spacial score (nSPS) is 11.2. The van der Waals surface area contributed by atoms with Crippen LogP contribution in [0.1, 0.15) is 38.1 Å². The van der Waals surface area contributed by atoms with Crippen molar-refractivity contribution >= 4 is 22.8 Å². The average molecular weight is 419 g/mol. The Kier molecular flexibility index (Phi) is 7.40. The number of fused-ring (bicyclic) bond motifs is 1. The lowest BCUT2D eigenvalue weighted by Crippen LogP contribution is -2.39. The average Bonchev–Trinajstić information content (AvgIpc) is 2.76. The second kappa shape index (κ2) is 10.2. The van der Waals surface area contributed by atoms with Gasteiger partial charge in [-0.3, -0.25) is 4.79 Å². The predicted octanol–water partition coefficient (Wildman–Crippen LogP) is 5.20. The molecular formula is C26H30N2O3. The second-order valence-corrected chi connectivity index (χ2v) is 8.60. The maximum Gasteiger partial charge on any atom is 0.339 e. The Bertz CT molecular complexity index is 1030. The van der Waals surface area contributed by atoms with Crippen molar-refractivity contribution in [1.82, 2.24) is 9.88 Å². The molecule has 0 saturated carbocycles. The van der Waals surface area contributed by atoms with Crippen LogP contribution in [0, 0.1) is 11.8 Å². The van der Waals surface area contributed by atoms with Crippen LogP contribution in [0.3, 0.4) is 0 Å². The van der Waals surface area contributed by atoms with Gasteiger partial charge in [0.15, 0.2) is 6.61 Å². The third kappa shape index (κ3) is 5.91. The van der Waals surface area contributed by atoms with E-state index < -0.39 is 5.97 Å². The molecule has 0 fully saturated rings. The topological polar surface area (TPSA) is 59.5 Å². The van der Waals surface area contributed by atoms with Crippen molar-refractivity contribution in [2.45, 2.75) is 27.7 Å². The summed E-state index contributed by atoms with van der Waals surface area (Å²) < 4.78 is 5.48. The number of carbonyl (C=O) groups is 2. The minimum Gasteiger partial charge on any atom is -0.452 e. The Hall–Kier alpha value is -3.21. The summed E-state index contributed by atoms with van der Waals surface area (Å²) in [5.74, 6) is 0.00233. The van der Waals surface area contributed by atoms with Crippen LogP contribution in [0.4, 0.5) is 0 Å². The van der Waals surface area contributed by atoms with Gasteiger partial charge in [-0.25, -0.2) is 9.78 Å². The first-order chi connectivity index (χ1) is 14.8. The molecule has 0 unspecified atom stereocenters. The third-order valence-corrected chi connectivity index (χ3v) is 4.86. The van der Waals surface area contributed by atoms with Crippen LogP contribution in [0.2, 0.25) is 0 Å². The minimum atomic E-state index is -0.516. The number of pyridine rings is 1. The van der Waals surface area contributed by atoms with Crippen LogP contribution in [0.15, 0.2) is 60.7 Å². The first kappa shape index (κ1) is 22.5. The van der Waals surface area contributed by atoms with Crippen LogP contribution in [0.5, 0.6) is 0 Å². The zero-order valence-electron chi connectivity index (χ0n) is 18.7. The lowest BCUT2D eigenvalue weighted by atomic mass is 10.0. The van der Waals surface area contributed by atoms with Crippen molar-refractivity contribution < 1.29 is 14.3 Å². The summed E-state index contributed by atoms with van der Waals surface area (Å²) in [6.45, 7) is 9.30. The Morgan fingerprint density at radius 2 is 1.52 bits per heavy atom. The number of benzene rings is 2. The zero-order valence-corrected chi connectivity index (χ0v) is 18.7. The molecule has 162 valence electrons. The minimum absolute atomic E-state index is 0.169. The van der Waals surface area contributed by atoms with Crippen molar-refractivity contribution in [2.75, 3.05) is 19.7 Å². The van der Waals surface area contributed by atoms with Gasteiger partial charge in [-0.15, -0.1) is 0 Å². The SMILES string of the molecule is CC(C)CN(CC(C)C)C(=O)COC(=O)c1cc(-c2ccccc2)nc2ccccc12. The number of hydrogen-bond donors (Lipinski definition) is 0. The summed E-state index contributed by atoms with van der Waals surface area (Å²) in [6, 6.07) is 18.9. The first-order valence-corrected chi connectivity index (χ1v) is 10.7. The summed E-state index contributed by atoms with van der Waals surface area (Å²) in [5, 5.41) is 0.709. The van der Waals surface area contributed by atoms with Crippen LogP contribution in [-0.2, 0) is 9.53 Å². The Labute approximate surface area is 184 Å². The smallest absolute Gasteiger partial charge is 0.339 e. The molecule has 0 aliphatic rings.